The Bertz CT molecular complexity index is 1290. The molecule has 0 aliphatic carbocycles. The van der Waals surface area contributed by atoms with Gasteiger partial charge in [-0.15, -0.1) is 10.2 Å². The van der Waals surface area contributed by atoms with E-state index in [2.05, 4.69) is 14.9 Å². The summed E-state index contributed by atoms with van der Waals surface area (Å²) in [6.45, 7) is -0.202. The Hall–Kier alpha value is -2.71. The average Bonchev–Trinajstić information content (AvgIpc) is 3.30. The molecule has 8 nitrogen and oxygen atoms in total. The van der Waals surface area contributed by atoms with E-state index in [0.29, 0.717) is 39.6 Å². The van der Waals surface area contributed by atoms with Crippen molar-refractivity contribution >= 4 is 40.5 Å². The maximum Gasteiger partial charge on any atom is 0.490 e. The van der Waals surface area contributed by atoms with Crippen LogP contribution in [-0.2, 0) is 14.3 Å². The largest absolute Gasteiger partial charge is 0.490 e. The number of benzene rings is 2. The number of hydrogen-bond acceptors (Lipinski definition) is 9. The van der Waals surface area contributed by atoms with E-state index in [1.807, 2.05) is 0 Å². The van der Waals surface area contributed by atoms with Gasteiger partial charge in [0.05, 0.1) is 29.3 Å². The molecule has 0 unspecified atom stereocenters. The van der Waals surface area contributed by atoms with Crippen LogP contribution in [0, 0.1) is 5.82 Å². The molecular formula is C22H17Cl2F4N3O5S. The second-order valence-electron chi connectivity index (χ2n) is 7.76. The molecule has 2 N–H and O–H groups in total. The van der Waals surface area contributed by atoms with Gasteiger partial charge in [-0.1, -0.05) is 34.5 Å². The van der Waals surface area contributed by atoms with Crippen molar-refractivity contribution in [2.75, 3.05) is 26.4 Å². The molecule has 1 aliphatic heterocycles. The molecule has 37 heavy (non-hydrogen) atoms. The number of rotatable bonds is 9. The summed E-state index contributed by atoms with van der Waals surface area (Å²) in [6.07, 6.45) is -5.18. The lowest BCUT2D eigenvalue weighted by Gasteiger charge is -2.27. The van der Waals surface area contributed by atoms with Crippen LogP contribution in [0.4, 0.5) is 17.6 Å². The van der Waals surface area contributed by atoms with Crippen LogP contribution >= 0.6 is 34.5 Å². The molecule has 0 bridgehead atoms. The van der Waals surface area contributed by atoms with E-state index in [9.17, 15) is 22.4 Å². The van der Waals surface area contributed by atoms with E-state index in [-0.39, 0.29) is 22.4 Å². The van der Waals surface area contributed by atoms with Crippen molar-refractivity contribution in [1.29, 1.82) is 0 Å². The topological polar surface area (TPSA) is 106 Å². The molecule has 2 heterocycles. The Morgan fingerprint density at radius 1 is 1.11 bits per heavy atom. The average molecular weight is 582 g/mol. The highest BCUT2D eigenvalue weighted by Gasteiger charge is 2.41. The summed E-state index contributed by atoms with van der Waals surface area (Å²) in [6, 6.07) is 6.27. The standard InChI is InChI=1S/C22H17Cl2F4N3O5S/c23-14-5-18(34-6-11(29)7-35-21(32)22(26,27)28)16(25)4-13(14)20-31-30-19(37-20)10-1-2-17(15(24)3-10)36-12-8-33-9-12/h1-5,11-12H,6-9,29H2/t11-/m0/s1. The molecule has 1 atom stereocenters. The van der Waals surface area contributed by atoms with Crippen molar-refractivity contribution in [3.63, 3.8) is 0 Å². The maximum absolute atomic E-state index is 14.7. The van der Waals surface area contributed by atoms with Crippen LogP contribution in [0.1, 0.15) is 0 Å². The summed E-state index contributed by atoms with van der Waals surface area (Å²) < 4.78 is 71.2. The number of carbonyl (C=O) groups excluding carboxylic acids is 1. The second-order valence-corrected chi connectivity index (χ2v) is 9.56. The number of esters is 1. The first-order chi connectivity index (χ1) is 17.5. The van der Waals surface area contributed by atoms with Crippen molar-refractivity contribution in [2.24, 2.45) is 5.73 Å². The molecule has 1 fully saturated rings. The van der Waals surface area contributed by atoms with Crippen LogP contribution in [0.3, 0.4) is 0 Å². The first-order valence-corrected chi connectivity index (χ1v) is 12.1. The smallest absolute Gasteiger partial charge is 0.489 e. The van der Waals surface area contributed by atoms with E-state index in [0.717, 1.165) is 17.4 Å². The minimum atomic E-state index is -5.14. The minimum Gasteiger partial charge on any atom is -0.489 e. The van der Waals surface area contributed by atoms with Gasteiger partial charge in [0.25, 0.3) is 0 Å². The van der Waals surface area contributed by atoms with Crippen molar-refractivity contribution in [3.05, 3.63) is 46.2 Å². The van der Waals surface area contributed by atoms with Crippen LogP contribution in [0.2, 0.25) is 10.0 Å². The van der Waals surface area contributed by atoms with Crippen molar-refractivity contribution in [3.8, 4) is 32.6 Å². The molecule has 0 saturated carbocycles. The van der Waals surface area contributed by atoms with Gasteiger partial charge in [0.1, 0.15) is 35.1 Å². The Labute approximate surface area is 221 Å². The fourth-order valence-corrected chi connectivity index (χ4v) is 4.35. The van der Waals surface area contributed by atoms with Crippen molar-refractivity contribution in [1.82, 2.24) is 10.2 Å². The number of halogens is 6. The number of alkyl halides is 3. The van der Waals surface area contributed by atoms with Gasteiger partial charge in [-0.3, -0.25) is 0 Å². The van der Waals surface area contributed by atoms with E-state index in [4.69, 9.17) is 43.1 Å². The van der Waals surface area contributed by atoms with Gasteiger partial charge in [-0.2, -0.15) is 13.2 Å². The molecule has 3 aromatic rings. The molecule has 2 aromatic carbocycles. The molecular weight excluding hydrogens is 565 g/mol. The van der Waals surface area contributed by atoms with Crippen molar-refractivity contribution in [2.45, 2.75) is 18.3 Å². The van der Waals surface area contributed by atoms with Crippen LogP contribution in [0.15, 0.2) is 30.3 Å². The fraction of sp³-hybridized carbons (Fsp3) is 0.318. The fourth-order valence-electron chi connectivity index (χ4n) is 2.95. The number of nitrogens with zero attached hydrogens (tertiary/aromatic N) is 2. The predicted octanol–water partition coefficient (Wildman–Crippen LogP) is 4.91. The van der Waals surface area contributed by atoms with Gasteiger partial charge in [-0.25, -0.2) is 9.18 Å². The lowest BCUT2D eigenvalue weighted by Crippen LogP contribution is -2.38. The van der Waals surface area contributed by atoms with E-state index in [1.54, 1.807) is 18.2 Å². The third-order valence-corrected chi connectivity index (χ3v) is 6.48. The molecule has 4 rings (SSSR count). The van der Waals surface area contributed by atoms with Gasteiger partial charge in [-0.05, 0) is 24.3 Å². The molecule has 15 heteroatoms. The van der Waals surface area contributed by atoms with Crippen LogP contribution in [-0.4, -0.2) is 60.9 Å². The normalized spacial score (nSPS) is 14.7. The monoisotopic (exact) mass is 581 g/mol. The Morgan fingerprint density at radius 3 is 2.49 bits per heavy atom. The Morgan fingerprint density at radius 2 is 1.84 bits per heavy atom. The van der Waals surface area contributed by atoms with Gasteiger partial charge in [0.2, 0.25) is 0 Å². The van der Waals surface area contributed by atoms with Gasteiger partial charge in [0, 0.05) is 17.2 Å². The molecule has 1 saturated heterocycles. The number of carbonyl (C=O) groups is 1. The summed E-state index contributed by atoms with van der Waals surface area (Å²) in [4.78, 5) is 10.7. The molecule has 0 radical (unpaired) electrons. The maximum atomic E-state index is 14.7. The Balaban J connectivity index is 1.41. The third kappa shape index (κ3) is 6.79. The highest BCUT2D eigenvalue weighted by molar-refractivity contribution is 7.18. The first kappa shape index (κ1) is 27.3. The molecule has 1 aliphatic rings. The quantitative estimate of drug-likeness (QED) is 0.281. The first-order valence-electron chi connectivity index (χ1n) is 10.5. The molecule has 0 amide bonds. The lowest BCUT2D eigenvalue weighted by atomic mass is 10.2. The highest BCUT2D eigenvalue weighted by atomic mass is 35.5. The number of ether oxygens (including phenoxy) is 4. The molecule has 198 valence electrons. The summed E-state index contributed by atoms with van der Waals surface area (Å²) in [7, 11) is 0. The number of hydrogen-bond donors (Lipinski definition) is 1. The van der Waals surface area contributed by atoms with E-state index in [1.165, 1.54) is 6.07 Å². The highest BCUT2D eigenvalue weighted by Crippen LogP contribution is 2.38. The zero-order valence-electron chi connectivity index (χ0n) is 18.6. The van der Waals surface area contributed by atoms with Gasteiger partial charge >= 0.3 is 12.1 Å². The van der Waals surface area contributed by atoms with E-state index < -0.39 is 37.2 Å². The third-order valence-electron chi connectivity index (χ3n) is 4.87. The van der Waals surface area contributed by atoms with Crippen molar-refractivity contribution < 1.29 is 41.3 Å². The predicted molar refractivity (Wildman–Crippen MR) is 126 cm³/mol. The minimum absolute atomic E-state index is 0.0388. The SMILES string of the molecule is N[C@H](COC(=O)C(F)(F)F)COc1cc(Cl)c(-c2nnc(-c3ccc(OC4COC4)c(Cl)c3)s2)cc1F. The van der Waals surface area contributed by atoms with Crippen LogP contribution in [0.5, 0.6) is 11.5 Å². The molecule has 0 spiro atoms. The van der Waals surface area contributed by atoms with Crippen LogP contribution in [0.25, 0.3) is 21.1 Å². The number of nitrogens with two attached hydrogens (primary N) is 1. The zero-order chi connectivity index (χ0) is 26.7. The summed E-state index contributed by atoms with van der Waals surface area (Å²) in [5.74, 6) is -2.98. The van der Waals surface area contributed by atoms with Gasteiger partial charge < -0.3 is 24.7 Å². The second kappa shape index (κ2) is 11.4. The van der Waals surface area contributed by atoms with Gasteiger partial charge in [0.15, 0.2) is 11.6 Å². The molecule has 1 aromatic heterocycles. The Kier molecular flexibility index (Phi) is 8.39. The lowest BCUT2D eigenvalue weighted by molar-refractivity contribution is -0.200. The summed E-state index contributed by atoms with van der Waals surface area (Å²) in [5, 5.41) is 9.50. The summed E-state index contributed by atoms with van der Waals surface area (Å²) in [5.41, 5.74) is 6.48. The van der Waals surface area contributed by atoms with E-state index >= 15 is 0 Å². The van der Waals surface area contributed by atoms with Crippen LogP contribution < -0.4 is 15.2 Å². The summed E-state index contributed by atoms with van der Waals surface area (Å²) >= 11 is 13.8. The number of aromatic nitrogens is 2. The zero-order valence-corrected chi connectivity index (χ0v) is 20.9.